The molecule has 0 amide bonds. The van der Waals surface area contributed by atoms with Gasteiger partial charge in [-0.3, -0.25) is 4.79 Å². The molecule has 1 saturated heterocycles. The zero-order valence-electron chi connectivity index (χ0n) is 26.1. The Bertz CT molecular complexity index is 1610. The number of benzene rings is 1. The molecule has 0 radical (unpaired) electrons. The van der Waals surface area contributed by atoms with Gasteiger partial charge in [0.05, 0.1) is 34.7 Å². The molecule has 8 atom stereocenters. The van der Waals surface area contributed by atoms with E-state index in [0.717, 1.165) is 0 Å². The Balaban J connectivity index is 1.51. The van der Waals surface area contributed by atoms with Crippen LogP contribution in [-0.2, 0) is 28.5 Å². The van der Waals surface area contributed by atoms with Gasteiger partial charge in [0.2, 0.25) is 11.5 Å². The maximum absolute atomic E-state index is 13.4. The summed E-state index contributed by atoms with van der Waals surface area (Å²) in [5.41, 5.74) is -6.28. The second-order valence-electron chi connectivity index (χ2n) is 13.1. The lowest BCUT2D eigenvalue weighted by molar-refractivity contribution is -0.342. The molecule has 46 heavy (non-hydrogen) atoms. The van der Waals surface area contributed by atoms with Crippen molar-refractivity contribution in [2.24, 2.45) is 11.3 Å². The van der Waals surface area contributed by atoms with E-state index in [-0.39, 0.29) is 29.9 Å². The smallest absolute Gasteiger partial charge is 0.374 e. The third-order valence-corrected chi connectivity index (χ3v) is 9.84. The van der Waals surface area contributed by atoms with E-state index in [9.17, 15) is 24.3 Å². The lowest BCUT2D eigenvalue weighted by Gasteiger charge is -2.65. The Labute approximate surface area is 264 Å². The van der Waals surface area contributed by atoms with E-state index in [0.29, 0.717) is 0 Å². The third-order valence-electron chi connectivity index (χ3n) is 9.84. The van der Waals surface area contributed by atoms with E-state index in [1.54, 1.807) is 51.1 Å². The average molecular weight is 637 g/mol. The molecule has 6 rings (SSSR count). The molecule has 12 nitrogen and oxygen atoms in total. The molecular weight excluding hydrogens is 600 g/mol. The molecule has 1 N–H and O–H groups in total. The van der Waals surface area contributed by atoms with Gasteiger partial charge in [0.25, 0.3) is 0 Å². The summed E-state index contributed by atoms with van der Waals surface area (Å²) in [4.78, 5) is 53.0. The van der Waals surface area contributed by atoms with E-state index in [1.165, 1.54) is 50.6 Å². The zero-order valence-corrected chi connectivity index (χ0v) is 26.1. The minimum Gasteiger partial charge on any atom is -0.458 e. The molecular formula is C34H36O12. The van der Waals surface area contributed by atoms with E-state index in [2.05, 4.69) is 0 Å². The number of ether oxygens (including phenoxy) is 5. The Morgan fingerprint density at radius 3 is 1.93 bits per heavy atom. The quantitative estimate of drug-likeness (QED) is 0.286. The van der Waals surface area contributed by atoms with Crippen LogP contribution >= 0.6 is 0 Å². The summed E-state index contributed by atoms with van der Waals surface area (Å²) in [7, 11) is 0. The van der Waals surface area contributed by atoms with Crippen LogP contribution in [0.25, 0.3) is 0 Å². The standard InChI is InChI=1S/C34H36O12/c1-19(35)42-27-24(43-28(36)20-11-7-6-8-12-20)18-32(4,39)34-26(45-30(38)23-14-10-16-41-23)21(31(2,3)46-34)17-25(33(27,34)5)44-29(37)22-13-9-15-40-22/h6-16,21,24-27,39H,17-18H2,1-5H3/t21-,24+,25+,26-,27+,32+,33-,34+/m1/s1. The van der Waals surface area contributed by atoms with Crippen molar-refractivity contribution in [3.8, 4) is 0 Å². The van der Waals surface area contributed by atoms with Gasteiger partial charge in [-0.25, -0.2) is 14.4 Å². The van der Waals surface area contributed by atoms with Crippen molar-refractivity contribution in [3.63, 3.8) is 0 Å². The van der Waals surface area contributed by atoms with Gasteiger partial charge in [-0.1, -0.05) is 18.2 Å². The molecule has 3 fully saturated rings. The van der Waals surface area contributed by atoms with Crippen LogP contribution in [-0.4, -0.2) is 70.2 Å². The molecule has 3 aromatic rings. The van der Waals surface area contributed by atoms with Crippen molar-refractivity contribution in [2.75, 3.05) is 0 Å². The van der Waals surface area contributed by atoms with Gasteiger partial charge in [-0.15, -0.1) is 0 Å². The number of hydrogen-bond acceptors (Lipinski definition) is 12. The van der Waals surface area contributed by atoms with E-state index >= 15 is 0 Å². The number of esters is 4. The number of carbonyl (C=O) groups is 4. The highest BCUT2D eigenvalue weighted by Crippen LogP contribution is 2.69. The van der Waals surface area contributed by atoms with Crippen LogP contribution in [0.15, 0.2) is 76.0 Å². The minimum absolute atomic E-state index is 0.0565. The molecule has 244 valence electrons. The van der Waals surface area contributed by atoms with Crippen LogP contribution in [0.5, 0.6) is 0 Å². The summed E-state index contributed by atoms with van der Waals surface area (Å²) >= 11 is 0. The van der Waals surface area contributed by atoms with Crippen molar-refractivity contribution < 1.29 is 56.8 Å². The van der Waals surface area contributed by atoms with Crippen LogP contribution < -0.4 is 0 Å². The van der Waals surface area contributed by atoms with Gasteiger partial charge in [0.1, 0.15) is 23.9 Å². The summed E-state index contributed by atoms with van der Waals surface area (Å²) < 4.78 is 41.7. The molecule has 3 aliphatic rings. The van der Waals surface area contributed by atoms with Crippen molar-refractivity contribution in [3.05, 3.63) is 84.2 Å². The second-order valence-corrected chi connectivity index (χ2v) is 13.1. The van der Waals surface area contributed by atoms with Gasteiger partial charge < -0.3 is 37.6 Å². The SMILES string of the molecule is CC(=O)O[C@H]1[C@@H](OC(=O)c2ccccc2)C[C@](C)(O)[C@]23OC(C)(C)[C@H](C[C@H](OC(=O)c4ccco4)[C@]12C)[C@H]3OC(=O)c1ccco1. The maximum atomic E-state index is 13.4. The normalized spacial score (nSPS) is 34.2. The molecule has 3 heterocycles. The van der Waals surface area contributed by atoms with E-state index < -0.39 is 76.4 Å². The molecule has 1 aromatic carbocycles. The summed E-state index contributed by atoms with van der Waals surface area (Å²) in [6.45, 7) is 7.89. The number of fused-ring (bicyclic) bond motifs is 1. The van der Waals surface area contributed by atoms with Crippen LogP contribution in [0, 0.1) is 11.3 Å². The van der Waals surface area contributed by atoms with Crippen molar-refractivity contribution in [2.45, 2.75) is 88.7 Å². The third kappa shape index (κ3) is 4.82. The monoisotopic (exact) mass is 636 g/mol. The van der Waals surface area contributed by atoms with Gasteiger partial charge in [0, 0.05) is 19.3 Å². The van der Waals surface area contributed by atoms with Gasteiger partial charge in [-0.05, 0) is 70.5 Å². The highest BCUT2D eigenvalue weighted by atomic mass is 16.6. The predicted molar refractivity (Wildman–Crippen MR) is 156 cm³/mol. The number of carbonyl (C=O) groups excluding carboxylic acids is 4. The van der Waals surface area contributed by atoms with Crippen molar-refractivity contribution in [1.82, 2.24) is 0 Å². The van der Waals surface area contributed by atoms with E-state index in [1.807, 2.05) is 0 Å². The summed E-state index contributed by atoms with van der Waals surface area (Å²) in [5, 5.41) is 12.6. The maximum Gasteiger partial charge on any atom is 0.374 e. The second kappa shape index (κ2) is 11.1. The average Bonchev–Trinajstić information content (AvgIpc) is 3.76. The number of furan rings is 2. The first-order valence-electron chi connectivity index (χ1n) is 15.1. The topological polar surface area (TPSA) is 161 Å². The largest absolute Gasteiger partial charge is 0.458 e. The van der Waals surface area contributed by atoms with Crippen LogP contribution in [0.2, 0.25) is 0 Å². The van der Waals surface area contributed by atoms with Crippen LogP contribution in [0.1, 0.15) is 78.9 Å². The number of aliphatic hydroxyl groups is 1. The fourth-order valence-corrected chi connectivity index (χ4v) is 7.91. The fourth-order valence-electron chi connectivity index (χ4n) is 7.91. The Hall–Kier alpha value is -4.42. The number of hydrogen-bond donors (Lipinski definition) is 1. The predicted octanol–water partition coefficient (Wildman–Crippen LogP) is 4.51. The molecule has 2 aliphatic carbocycles. The fraction of sp³-hybridized carbons (Fsp3) is 0.471. The summed E-state index contributed by atoms with van der Waals surface area (Å²) in [6.07, 6.45) is -2.42. The highest BCUT2D eigenvalue weighted by Gasteiger charge is 2.84. The van der Waals surface area contributed by atoms with Crippen LogP contribution in [0.3, 0.4) is 0 Å². The lowest BCUT2D eigenvalue weighted by Crippen LogP contribution is -2.81. The summed E-state index contributed by atoms with van der Waals surface area (Å²) in [6, 6.07) is 14.2. The van der Waals surface area contributed by atoms with E-state index in [4.69, 9.17) is 32.5 Å². The first-order valence-corrected chi connectivity index (χ1v) is 15.1. The van der Waals surface area contributed by atoms with Crippen molar-refractivity contribution in [1.29, 1.82) is 0 Å². The zero-order chi connectivity index (χ0) is 33.1. The Morgan fingerprint density at radius 1 is 0.761 bits per heavy atom. The van der Waals surface area contributed by atoms with Gasteiger partial charge >= 0.3 is 23.9 Å². The first kappa shape index (κ1) is 31.6. The molecule has 12 heteroatoms. The Kier molecular flexibility index (Phi) is 7.63. The molecule has 2 aromatic heterocycles. The van der Waals surface area contributed by atoms with Gasteiger partial charge in [0.15, 0.2) is 6.10 Å². The van der Waals surface area contributed by atoms with Gasteiger partial charge in [-0.2, -0.15) is 0 Å². The van der Waals surface area contributed by atoms with Crippen molar-refractivity contribution >= 4 is 23.9 Å². The first-order chi connectivity index (χ1) is 21.7. The Morgan fingerprint density at radius 2 is 1.37 bits per heavy atom. The van der Waals surface area contributed by atoms with Crippen LogP contribution in [0.4, 0.5) is 0 Å². The highest BCUT2D eigenvalue weighted by molar-refractivity contribution is 5.89. The molecule has 0 unspecified atom stereocenters. The lowest BCUT2D eigenvalue weighted by atomic mass is 9.47. The minimum atomic E-state index is -1.92. The summed E-state index contributed by atoms with van der Waals surface area (Å²) in [5.74, 6) is -3.81. The molecule has 1 spiro atoms. The molecule has 1 aliphatic heterocycles. The molecule has 2 saturated carbocycles. The molecule has 2 bridgehead atoms. The number of rotatable bonds is 7.